The van der Waals surface area contributed by atoms with Crippen molar-refractivity contribution in [3.05, 3.63) is 18.0 Å². The van der Waals surface area contributed by atoms with E-state index in [1.807, 2.05) is 17.9 Å². The molecule has 0 aliphatic heterocycles. The summed E-state index contributed by atoms with van der Waals surface area (Å²) in [5, 5.41) is 4.34. The van der Waals surface area contributed by atoms with Gasteiger partial charge in [-0.25, -0.2) is 0 Å². The topological polar surface area (TPSA) is 43.8 Å². The molecule has 74 valence electrons. The lowest BCUT2D eigenvalue weighted by Crippen LogP contribution is -2.17. The smallest absolute Gasteiger partial charge is 0.0627 e. The summed E-state index contributed by atoms with van der Waals surface area (Å²) in [7, 11) is 1.95. The summed E-state index contributed by atoms with van der Waals surface area (Å²) in [5.74, 6) is 0.597. The molecule has 0 amide bonds. The number of hydrogen-bond donors (Lipinski definition) is 1. The molecular weight excluding hydrogens is 162 g/mol. The first-order valence-corrected chi connectivity index (χ1v) is 4.94. The zero-order valence-corrected chi connectivity index (χ0v) is 8.53. The molecule has 0 spiro atoms. The predicted octanol–water partition coefficient (Wildman–Crippen LogP) is 1.34. The van der Waals surface area contributed by atoms with E-state index in [0.29, 0.717) is 5.92 Å². The molecule has 1 atom stereocenters. The van der Waals surface area contributed by atoms with Gasteiger partial charge in [-0.15, -0.1) is 0 Å². The maximum absolute atomic E-state index is 5.68. The second-order valence-corrected chi connectivity index (χ2v) is 3.58. The third-order valence-electron chi connectivity index (χ3n) is 2.30. The summed E-state index contributed by atoms with van der Waals surface area (Å²) in [4.78, 5) is 0. The fourth-order valence-corrected chi connectivity index (χ4v) is 1.58. The molecule has 3 heteroatoms. The quantitative estimate of drug-likeness (QED) is 0.745. The number of aryl methyl sites for hydroxylation is 1. The zero-order chi connectivity index (χ0) is 9.68. The molecule has 0 radical (unpaired) electrons. The van der Waals surface area contributed by atoms with Gasteiger partial charge in [0.2, 0.25) is 0 Å². The molecule has 1 rings (SSSR count). The van der Waals surface area contributed by atoms with E-state index in [1.54, 1.807) is 0 Å². The molecule has 0 aliphatic carbocycles. The Labute approximate surface area is 79.9 Å². The number of aromatic nitrogens is 2. The molecule has 1 aromatic heterocycles. The Kier molecular flexibility index (Phi) is 3.96. The number of nitrogens with two attached hydrogens (primary N) is 1. The molecule has 13 heavy (non-hydrogen) atoms. The Hall–Kier alpha value is -0.830. The van der Waals surface area contributed by atoms with E-state index in [2.05, 4.69) is 18.1 Å². The highest BCUT2D eigenvalue weighted by atomic mass is 15.2. The van der Waals surface area contributed by atoms with Crippen molar-refractivity contribution in [2.75, 3.05) is 6.54 Å². The molecule has 0 bridgehead atoms. The Balaban J connectivity index is 2.46. The molecular formula is C10H19N3. The normalized spacial score (nSPS) is 13.2. The molecule has 1 unspecified atom stereocenters. The fourth-order valence-electron chi connectivity index (χ4n) is 1.58. The van der Waals surface area contributed by atoms with Gasteiger partial charge in [0.1, 0.15) is 0 Å². The van der Waals surface area contributed by atoms with E-state index in [9.17, 15) is 0 Å². The summed E-state index contributed by atoms with van der Waals surface area (Å²) in [6, 6.07) is 2.07. The van der Waals surface area contributed by atoms with Crippen LogP contribution in [0.5, 0.6) is 0 Å². The molecule has 3 nitrogen and oxygen atoms in total. The minimum absolute atomic E-state index is 0.597. The SMILES string of the molecule is CCCC(CN)Cc1ccn(C)n1. The summed E-state index contributed by atoms with van der Waals surface area (Å²) in [5.41, 5.74) is 6.84. The standard InChI is InChI=1S/C10H19N3/c1-3-4-9(8-11)7-10-5-6-13(2)12-10/h5-6,9H,3-4,7-8,11H2,1-2H3. The van der Waals surface area contributed by atoms with Crippen LogP contribution in [0.15, 0.2) is 12.3 Å². The van der Waals surface area contributed by atoms with E-state index < -0.39 is 0 Å². The van der Waals surface area contributed by atoms with E-state index in [1.165, 1.54) is 12.8 Å². The van der Waals surface area contributed by atoms with Crippen LogP contribution < -0.4 is 5.73 Å². The van der Waals surface area contributed by atoms with Crippen molar-refractivity contribution in [2.24, 2.45) is 18.7 Å². The third-order valence-corrected chi connectivity index (χ3v) is 2.30. The molecule has 0 saturated carbocycles. The first-order valence-electron chi connectivity index (χ1n) is 4.94. The van der Waals surface area contributed by atoms with Crippen LogP contribution in [0.1, 0.15) is 25.5 Å². The van der Waals surface area contributed by atoms with E-state index in [0.717, 1.165) is 18.7 Å². The first kappa shape index (κ1) is 10.3. The summed E-state index contributed by atoms with van der Waals surface area (Å²) in [6.07, 6.45) is 5.40. The van der Waals surface area contributed by atoms with Crippen LogP contribution in [0.25, 0.3) is 0 Å². The van der Waals surface area contributed by atoms with Gasteiger partial charge < -0.3 is 5.73 Å². The highest BCUT2D eigenvalue weighted by Gasteiger charge is 2.07. The molecule has 1 heterocycles. The minimum Gasteiger partial charge on any atom is -0.330 e. The highest BCUT2D eigenvalue weighted by Crippen LogP contribution is 2.10. The van der Waals surface area contributed by atoms with Crippen molar-refractivity contribution in [3.8, 4) is 0 Å². The van der Waals surface area contributed by atoms with Gasteiger partial charge in [0.05, 0.1) is 5.69 Å². The summed E-state index contributed by atoms with van der Waals surface area (Å²) in [6.45, 7) is 2.96. The van der Waals surface area contributed by atoms with Gasteiger partial charge in [0.15, 0.2) is 0 Å². The Bertz CT molecular complexity index is 242. The van der Waals surface area contributed by atoms with Crippen LogP contribution >= 0.6 is 0 Å². The first-order chi connectivity index (χ1) is 6.26. The maximum atomic E-state index is 5.68. The van der Waals surface area contributed by atoms with Crippen molar-refractivity contribution in [1.82, 2.24) is 9.78 Å². The molecule has 2 N–H and O–H groups in total. The van der Waals surface area contributed by atoms with Crippen LogP contribution in [-0.2, 0) is 13.5 Å². The second-order valence-electron chi connectivity index (χ2n) is 3.58. The van der Waals surface area contributed by atoms with Crippen molar-refractivity contribution >= 4 is 0 Å². The summed E-state index contributed by atoms with van der Waals surface area (Å²) >= 11 is 0. The van der Waals surface area contributed by atoms with E-state index >= 15 is 0 Å². The third kappa shape index (κ3) is 3.19. The van der Waals surface area contributed by atoms with Gasteiger partial charge in [-0.2, -0.15) is 5.10 Å². The lowest BCUT2D eigenvalue weighted by atomic mass is 9.98. The minimum atomic E-state index is 0.597. The van der Waals surface area contributed by atoms with Gasteiger partial charge >= 0.3 is 0 Å². The maximum Gasteiger partial charge on any atom is 0.0627 e. The van der Waals surface area contributed by atoms with E-state index in [-0.39, 0.29) is 0 Å². The van der Waals surface area contributed by atoms with Crippen LogP contribution in [0.2, 0.25) is 0 Å². The number of hydrogen-bond acceptors (Lipinski definition) is 2. The lowest BCUT2D eigenvalue weighted by molar-refractivity contribution is 0.480. The monoisotopic (exact) mass is 181 g/mol. The Morgan fingerprint density at radius 3 is 2.85 bits per heavy atom. The molecule has 0 fully saturated rings. The van der Waals surface area contributed by atoms with Crippen LogP contribution in [0, 0.1) is 5.92 Å². The average molecular weight is 181 g/mol. The van der Waals surface area contributed by atoms with E-state index in [4.69, 9.17) is 5.73 Å². The van der Waals surface area contributed by atoms with Crippen molar-refractivity contribution in [1.29, 1.82) is 0 Å². The number of rotatable bonds is 5. The van der Waals surface area contributed by atoms with Crippen LogP contribution in [0.3, 0.4) is 0 Å². The Morgan fingerprint density at radius 1 is 1.62 bits per heavy atom. The van der Waals surface area contributed by atoms with Crippen molar-refractivity contribution in [3.63, 3.8) is 0 Å². The van der Waals surface area contributed by atoms with Gasteiger partial charge in [0.25, 0.3) is 0 Å². The van der Waals surface area contributed by atoms with Gasteiger partial charge in [-0.1, -0.05) is 13.3 Å². The van der Waals surface area contributed by atoms with Crippen LogP contribution in [-0.4, -0.2) is 16.3 Å². The highest BCUT2D eigenvalue weighted by molar-refractivity contribution is 4.99. The largest absolute Gasteiger partial charge is 0.330 e. The molecule has 0 saturated heterocycles. The molecule has 0 aliphatic rings. The molecule has 0 aromatic carbocycles. The lowest BCUT2D eigenvalue weighted by Gasteiger charge is -2.10. The second kappa shape index (κ2) is 5.02. The van der Waals surface area contributed by atoms with Gasteiger partial charge in [-0.05, 0) is 31.4 Å². The Morgan fingerprint density at radius 2 is 2.38 bits per heavy atom. The number of nitrogens with zero attached hydrogens (tertiary/aromatic N) is 2. The fraction of sp³-hybridized carbons (Fsp3) is 0.700. The summed E-state index contributed by atoms with van der Waals surface area (Å²) < 4.78 is 1.84. The van der Waals surface area contributed by atoms with Crippen molar-refractivity contribution in [2.45, 2.75) is 26.2 Å². The van der Waals surface area contributed by atoms with Crippen molar-refractivity contribution < 1.29 is 0 Å². The van der Waals surface area contributed by atoms with Crippen LogP contribution in [0.4, 0.5) is 0 Å². The zero-order valence-electron chi connectivity index (χ0n) is 8.53. The predicted molar refractivity (Wildman–Crippen MR) is 54.4 cm³/mol. The van der Waals surface area contributed by atoms with Gasteiger partial charge in [-0.3, -0.25) is 4.68 Å². The average Bonchev–Trinajstić information content (AvgIpc) is 2.50. The molecule has 1 aromatic rings. The van der Waals surface area contributed by atoms with Gasteiger partial charge in [0, 0.05) is 13.2 Å².